The molecule has 3 heteroatoms. The molecule has 1 unspecified atom stereocenters. The number of ether oxygens (including phenoxy) is 1. The normalized spacial score (nSPS) is 19.7. The van der Waals surface area contributed by atoms with Gasteiger partial charge in [0.15, 0.2) is 0 Å². The molecule has 3 nitrogen and oxygen atoms in total. The van der Waals surface area contributed by atoms with E-state index in [-0.39, 0.29) is 6.10 Å². The molecule has 92 valence electrons. The van der Waals surface area contributed by atoms with Gasteiger partial charge in [-0.15, -0.1) is 0 Å². The van der Waals surface area contributed by atoms with Gasteiger partial charge in [-0.2, -0.15) is 0 Å². The Kier molecular flexibility index (Phi) is 3.35. The van der Waals surface area contributed by atoms with Gasteiger partial charge in [-0.1, -0.05) is 30.3 Å². The molecule has 1 aliphatic rings. The van der Waals surface area contributed by atoms with Crippen molar-refractivity contribution in [3.05, 3.63) is 54.4 Å². The van der Waals surface area contributed by atoms with Gasteiger partial charge < -0.3 is 10.1 Å². The first-order valence-corrected chi connectivity index (χ1v) is 6.27. The highest BCUT2D eigenvalue weighted by Gasteiger charge is 2.18. The Morgan fingerprint density at radius 2 is 2.11 bits per heavy atom. The lowest BCUT2D eigenvalue weighted by Crippen LogP contribution is -2.33. The number of pyridine rings is 1. The third-order valence-corrected chi connectivity index (χ3v) is 3.21. The van der Waals surface area contributed by atoms with Crippen LogP contribution in [-0.2, 0) is 4.74 Å². The molecule has 0 spiro atoms. The van der Waals surface area contributed by atoms with E-state index in [0.717, 1.165) is 25.3 Å². The molecule has 18 heavy (non-hydrogen) atoms. The van der Waals surface area contributed by atoms with Crippen molar-refractivity contribution < 1.29 is 4.74 Å². The van der Waals surface area contributed by atoms with Crippen molar-refractivity contribution >= 4 is 0 Å². The Balaban J connectivity index is 1.99. The zero-order valence-corrected chi connectivity index (χ0v) is 10.2. The van der Waals surface area contributed by atoms with Gasteiger partial charge >= 0.3 is 0 Å². The number of nitrogens with zero attached hydrogens (tertiary/aromatic N) is 1. The summed E-state index contributed by atoms with van der Waals surface area (Å²) in [7, 11) is 0. The Bertz CT molecular complexity index is 507. The Hall–Kier alpha value is -1.71. The van der Waals surface area contributed by atoms with Gasteiger partial charge in [0.1, 0.15) is 0 Å². The summed E-state index contributed by atoms with van der Waals surface area (Å²) in [5.74, 6) is 0. The topological polar surface area (TPSA) is 34.2 Å². The number of rotatable bonds is 2. The fourth-order valence-electron chi connectivity index (χ4n) is 2.33. The minimum Gasteiger partial charge on any atom is -0.371 e. The SMILES string of the molecule is c1cncc(-c2ccccc2C2CNCCO2)c1. The lowest BCUT2D eigenvalue weighted by Gasteiger charge is -2.25. The molecule has 0 bridgehead atoms. The molecule has 2 aromatic rings. The molecule has 1 saturated heterocycles. The lowest BCUT2D eigenvalue weighted by molar-refractivity contribution is 0.0280. The third kappa shape index (κ3) is 2.28. The summed E-state index contributed by atoms with van der Waals surface area (Å²) in [6, 6.07) is 12.4. The molecule has 0 saturated carbocycles. The number of nitrogens with one attached hydrogen (secondary N) is 1. The summed E-state index contributed by atoms with van der Waals surface area (Å²) in [6.07, 6.45) is 3.83. The predicted molar refractivity (Wildman–Crippen MR) is 71.2 cm³/mol. The van der Waals surface area contributed by atoms with Crippen LogP contribution in [0.25, 0.3) is 11.1 Å². The van der Waals surface area contributed by atoms with E-state index in [4.69, 9.17) is 4.74 Å². The van der Waals surface area contributed by atoms with E-state index in [0.29, 0.717) is 0 Å². The molecule has 0 amide bonds. The molecule has 1 fully saturated rings. The summed E-state index contributed by atoms with van der Waals surface area (Å²) < 4.78 is 5.84. The number of benzene rings is 1. The van der Waals surface area contributed by atoms with Gasteiger partial charge in [0.2, 0.25) is 0 Å². The van der Waals surface area contributed by atoms with Crippen molar-refractivity contribution in [2.45, 2.75) is 6.10 Å². The number of aromatic nitrogens is 1. The van der Waals surface area contributed by atoms with Gasteiger partial charge in [0.05, 0.1) is 12.7 Å². The maximum atomic E-state index is 5.84. The van der Waals surface area contributed by atoms with Crippen LogP contribution in [-0.4, -0.2) is 24.7 Å². The quantitative estimate of drug-likeness (QED) is 0.875. The van der Waals surface area contributed by atoms with Crippen molar-refractivity contribution in [3.8, 4) is 11.1 Å². The van der Waals surface area contributed by atoms with Crippen molar-refractivity contribution in [3.63, 3.8) is 0 Å². The highest BCUT2D eigenvalue weighted by Crippen LogP contribution is 2.29. The molecule has 3 rings (SSSR count). The summed E-state index contributed by atoms with van der Waals surface area (Å²) in [4.78, 5) is 4.19. The molecule has 1 aromatic heterocycles. The average Bonchev–Trinajstić information content (AvgIpc) is 2.49. The highest BCUT2D eigenvalue weighted by atomic mass is 16.5. The van der Waals surface area contributed by atoms with Gasteiger partial charge in [0.25, 0.3) is 0 Å². The molecular formula is C15H16N2O. The Labute approximate surface area is 107 Å². The summed E-state index contributed by atoms with van der Waals surface area (Å²) in [6.45, 7) is 2.58. The van der Waals surface area contributed by atoms with Crippen molar-refractivity contribution in [2.24, 2.45) is 0 Å². The fraction of sp³-hybridized carbons (Fsp3) is 0.267. The van der Waals surface area contributed by atoms with Crippen LogP contribution in [0.3, 0.4) is 0 Å². The molecule has 1 aliphatic heterocycles. The van der Waals surface area contributed by atoms with E-state index in [1.807, 2.05) is 12.3 Å². The van der Waals surface area contributed by atoms with Gasteiger partial charge in [-0.25, -0.2) is 0 Å². The summed E-state index contributed by atoms with van der Waals surface area (Å²) >= 11 is 0. The Morgan fingerprint density at radius 3 is 2.89 bits per heavy atom. The first kappa shape index (κ1) is 11.4. The van der Waals surface area contributed by atoms with E-state index in [2.05, 4.69) is 40.6 Å². The van der Waals surface area contributed by atoms with Crippen LogP contribution in [0.15, 0.2) is 48.8 Å². The second-order valence-electron chi connectivity index (χ2n) is 4.39. The fourth-order valence-corrected chi connectivity index (χ4v) is 2.33. The smallest absolute Gasteiger partial charge is 0.0955 e. The molecule has 1 atom stereocenters. The van der Waals surface area contributed by atoms with E-state index in [1.165, 1.54) is 11.1 Å². The van der Waals surface area contributed by atoms with Crippen LogP contribution in [0, 0.1) is 0 Å². The van der Waals surface area contributed by atoms with E-state index in [1.54, 1.807) is 6.20 Å². The zero-order valence-electron chi connectivity index (χ0n) is 10.2. The maximum Gasteiger partial charge on any atom is 0.0955 e. The zero-order chi connectivity index (χ0) is 12.2. The van der Waals surface area contributed by atoms with Crippen LogP contribution in [0.4, 0.5) is 0 Å². The molecule has 0 aliphatic carbocycles. The van der Waals surface area contributed by atoms with Crippen molar-refractivity contribution in [1.82, 2.24) is 10.3 Å². The standard InChI is InChI=1S/C15H16N2O/c1-2-6-14(15-11-17-8-9-18-15)13(5-1)12-4-3-7-16-10-12/h1-7,10,15,17H,8-9,11H2. The molecular weight excluding hydrogens is 224 g/mol. The molecule has 1 aromatic carbocycles. The van der Waals surface area contributed by atoms with E-state index >= 15 is 0 Å². The summed E-state index contributed by atoms with van der Waals surface area (Å²) in [5, 5.41) is 3.37. The monoisotopic (exact) mass is 240 g/mol. The average molecular weight is 240 g/mol. The first-order valence-electron chi connectivity index (χ1n) is 6.27. The number of hydrogen-bond donors (Lipinski definition) is 1. The van der Waals surface area contributed by atoms with E-state index < -0.39 is 0 Å². The minimum absolute atomic E-state index is 0.134. The lowest BCUT2D eigenvalue weighted by atomic mass is 9.97. The Morgan fingerprint density at radius 1 is 1.17 bits per heavy atom. The minimum atomic E-state index is 0.134. The van der Waals surface area contributed by atoms with Crippen molar-refractivity contribution in [1.29, 1.82) is 0 Å². The number of morpholine rings is 1. The molecule has 1 N–H and O–H groups in total. The van der Waals surface area contributed by atoms with Crippen LogP contribution in [0.5, 0.6) is 0 Å². The van der Waals surface area contributed by atoms with Gasteiger partial charge in [0, 0.05) is 31.0 Å². The van der Waals surface area contributed by atoms with Crippen LogP contribution in [0.2, 0.25) is 0 Å². The maximum absolute atomic E-state index is 5.84. The van der Waals surface area contributed by atoms with Crippen LogP contribution < -0.4 is 5.32 Å². The number of hydrogen-bond acceptors (Lipinski definition) is 3. The van der Waals surface area contributed by atoms with Gasteiger partial charge in [-0.05, 0) is 17.2 Å². The largest absolute Gasteiger partial charge is 0.371 e. The van der Waals surface area contributed by atoms with Crippen LogP contribution >= 0.6 is 0 Å². The highest BCUT2D eigenvalue weighted by molar-refractivity contribution is 5.67. The molecule has 2 heterocycles. The first-order chi connectivity index (χ1) is 8.95. The second kappa shape index (κ2) is 5.29. The summed E-state index contributed by atoms with van der Waals surface area (Å²) in [5.41, 5.74) is 3.58. The van der Waals surface area contributed by atoms with Crippen molar-refractivity contribution in [2.75, 3.05) is 19.7 Å². The third-order valence-electron chi connectivity index (χ3n) is 3.21. The van der Waals surface area contributed by atoms with Gasteiger partial charge in [-0.3, -0.25) is 4.98 Å². The predicted octanol–water partition coefficient (Wildman–Crippen LogP) is 2.41. The molecule has 0 radical (unpaired) electrons. The van der Waals surface area contributed by atoms with E-state index in [9.17, 15) is 0 Å². The van der Waals surface area contributed by atoms with Crippen LogP contribution in [0.1, 0.15) is 11.7 Å². The second-order valence-corrected chi connectivity index (χ2v) is 4.39.